The van der Waals surface area contributed by atoms with Crippen LogP contribution in [0.2, 0.25) is 0 Å². The van der Waals surface area contributed by atoms with Gasteiger partial charge in [0, 0.05) is 11.5 Å². The highest BCUT2D eigenvalue weighted by Gasteiger charge is 2.61. The van der Waals surface area contributed by atoms with Gasteiger partial charge in [0.25, 0.3) is 0 Å². The Hall–Kier alpha value is -1.59. The molecule has 0 radical (unpaired) electrons. The molecule has 4 saturated carbocycles. The number of fused-ring (bicyclic) bond motifs is 5. The molecule has 4 aliphatic rings. The van der Waals surface area contributed by atoms with Crippen LogP contribution in [0.15, 0.2) is 24.3 Å². The van der Waals surface area contributed by atoms with Crippen LogP contribution < -0.4 is 0 Å². The van der Waals surface area contributed by atoms with Gasteiger partial charge in [-0.05, 0) is 118 Å². The van der Waals surface area contributed by atoms with Crippen LogP contribution >= 0.6 is 0 Å². The first-order chi connectivity index (χ1) is 15.1. The summed E-state index contributed by atoms with van der Waals surface area (Å²) in [5, 5.41) is 11.4. The van der Waals surface area contributed by atoms with E-state index in [4.69, 9.17) is 0 Å². The number of rotatable bonds is 1. The zero-order chi connectivity index (χ0) is 22.7. The number of aliphatic hydroxyl groups is 1. The van der Waals surface area contributed by atoms with E-state index in [1.165, 1.54) is 37.7 Å². The highest BCUT2D eigenvalue weighted by Crippen LogP contribution is 2.68. The minimum Gasteiger partial charge on any atom is -0.378 e. The van der Waals surface area contributed by atoms with Gasteiger partial charge < -0.3 is 5.11 Å². The zero-order valence-electron chi connectivity index (χ0n) is 20.4. The molecule has 2 nitrogen and oxygen atoms in total. The van der Waals surface area contributed by atoms with Crippen LogP contribution in [0.1, 0.15) is 89.7 Å². The number of Topliss-reactive ketones (excluding diaryl/α,β-unsaturated/α-hetero) is 1. The third-order valence-corrected chi connectivity index (χ3v) is 10.7. The molecule has 172 valence electrons. The van der Waals surface area contributed by atoms with E-state index in [1.807, 2.05) is 6.92 Å². The molecular weight excluding hydrogens is 392 g/mol. The summed E-state index contributed by atoms with van der Waals surface area (Å²) in [6.07, 6.45) is 10.0. The van der Waals surface area contributed by atoms with Crippen molar-refractivity contribution in [2.24, 2.45) is 40.4 Å². The summed E-state index contributed by atoms with van der Waals surface area (Å²) in [5.74, 6) is 10.0. The quantitative estimate of drug-likeness (QED) is 0.527. The largest absolute Gasteiger partial charge is 0.378 e. The molecule has 4 fully saturated rings. The Morgan fingerprint density at radius 3 is 2.38 bits per heavy atom. The van der Waals surface area contributed by atoms with Crippen LogP contribution in [0.25, 0.3) is 0 Å². The predicted octanol–water partition coefficient (Wildman–Crippen LogP) is 6.33. The van der Waals surface area contributed by atoms with Gasteiger partial charge in [0.1, 0.15) is 11.4 Å². The van der Waals surface area contributed by atoms with Crippen LogP contribution in [0, 0.1) is 59.2 Å². The highest BCUT2D eigenvalue weighted by atomic mass is 16.3. The van der Waals surface area contributed by atoms with Crippen molar-refractivity contribution in [2.45, 2.75) is 91.1 Å². The van der Waals surface area contributed by atoms with E-state index >= 15 is 0 Å². The molecule has 0 bridgehead atoms. The second kappa shape index (κ2) is 7.73. The first-order valence-corrected chi connectivity index (χ1v) is 13.0. The SMILES string of the molecule is CC(=O)[C@H]1CC[C@H]2[C@@H]3CC[C@H]4C[C@@](O)(C#Cc5ccc(C)cc5)CC[C@]4(C)[C@H]3CC[C@]12C. The number of ketones is 1. The molecule has 0 spiro atoms. The second-order valence-electron chi connectivity index (χ2n) is 12.3. The maximum Gasteiger partial charge on any atom is 0.133 e. The first kappa shape index (κ1) is 22.2. The van der Waals surface area contributed by atoms with Crippen molar-refractivity contribution in [3.05, 3.63) is 35.4 Å². The molecule has 32 heavy (non-hydrogen) atoms. The van der Waals surface area contributed by atoms with Crippen LogP contribution in [-0.4, -0.2) is 16.5 Å². The Labute approximate surface area is 194 Å². The smallest absolute Gasteiger partial charge is 0.133 e. The lowest BCUT2D eigenvalue weighted by atomic mass is 9.44. The summed E-state index contributed by atoms with van der Waals surface area (Å²) in [7, 11) is 0. The highest BCUT2D eigenvalue weighted by molar-refractivity contribution is 5.79. The average Bonchev–Trinajstić information content (AvgIpc) is 3.12. The van der Waals surface area contributed by atoms with Crippen LogP contribution in [0.5, 0.6) is 0 Å². The molecule has 0 unspecified atom stereocenters. The van der Waals surface area contributed by atoms with E-state index in [-0.39, 0.29) is 11.3 Å². The van der Waals surface area contributed by atoms with Gasteiger partial charge in [0.2, 0.25) is 0 Å². The molecule has 5 rings (SSSR count). The Morgan fingerprint density at radius 2 is 1.66 bits per heavy atom. The van der Waals surface area contributed by atoms with E-state index in [9.17, 15) is 9.90 Å². The molecule has 0 aliphatic heterocycles. The molecule has 4 aliphatic carbocycles. The first-order valence-electron chi connectivity index (χ1n) is 13.0. The summed E-state index contributed by atoms with van der Waals surface area (Å²) in [6, 6.07) is 8.28. The van der Waals surface area contributed by atoms with Crippen molar-refractivity contribution in [1.82, 2.24) is 0 Å². The molecule has 1 aromatic carbocycles. The molecule has 1 N–H and O–H groups in total. The summed E-state index contributed by atoms with van der Waals surface area (Å²) in [4.78, 5) is 12.4. The fourth-order valence-electron chi connectivity index (χ4n) is 8.85. The maximum atomic E-state index is 12.4. The molecule has 2 heteroatoms. The Morgan fingerprint density at radius 1 is 0.938 bits per heavy atom. The van der Waals surface area contributed by atoms with Crippen LogP contribution in [0.3, 0.4) is 0 Å². The standard InChI is InChI=1S/C30H40O2/c1-20-5-7-22(8-6-20)13-16-30(32)18-17-28(3)23(19-30)9-10-24-26-12-11-25(21(2)31)29(26,4)15-14-27(24)28/h5-8,23-27,32H,9-12,14-15,17-19H2,1-4H3/t23-,24-,25+,26-,27-,28-,29+,30+/m0/s1. The fraction of sp³-hybridized carbons (Fsp3) is 0.700. The molecule has 0 aromatic heterocycles. The number of aryl methyl sites for hydroxylation is 1. The molecule has 1 aromatic rings. The Kier molecular flexibility index (Phi) is 5.37. The van der Waals surface area contributed by atoms with Crippen molar-refractivity contribution in [3.8, 4) is 11.8 Å². The Bertz CT molecular complexity index is 951. The topological polar surface area (TPSA) is 37.3 Å². The van der Waals surface area contributed by atoms with Gasteiger partial charge >= 0.3 is 0 Å². The zero-order valence-corrected chi connectivity index (χ0v) is 20.4. The molecule has 0 saturated heterocycles. The van der Waals surface area contributed by atoms with E-state index in [1.54, 1.807) is 0 Å². The summed E-state index contributed by atoms with van der Waals surface area (Å²) in [5.41, 5.74) is 1.92. The van der Waals surface area contributed by atoms with Crippen molar-refractivity contribution in [3.63, 3.8) is 0 Å². The number of hydrogen-bond acceptors (Lipinski definition) is 2. The third-order valence-electron chi connectivity index (χ3n) is 10.7. The lowest BCUT2D eigenvalue weighted by molar-refractivity contribution is -0.144. The maximum absolute atomic E-state index is 12.4. The van der Waals surface area contributed by atoms with Crippen molar-refractivity contribution >= 4 is 5.78 Å². The van der Waals surface area contributed by atoms with E-state index in [0.717, 1.165) is 49.0 Å². The predicted molar refractivity (Wildman–Crippen MR) is 129 cm³/mol. The molecule has 0 amide bonds. The number of carbonyl (C=O) groups excluding carboxylic acids is 1. The average molecular weight is 433 g/mol. The summed E-state index contributed by atoms with van der Waals surface area (Å²) >= 11 is 0. The summed E-state index contributed by atoms with van der Waals surface area (Å²) in [6.45, 7) is 8.87. The van der Waals surface area contributed by atoms with E-state index in [0.29, 0.717) is 17.1 Å². The number of benzene rings is 1. The van der Waals surface area contributed by atoms with Gasteiger partial charge in [-0.15, -0.1) is 0 Å². The van der Waals surface area contributed by atoms with E-state index < -0.39 is 5.60 Å². The fourth-order valence-corrected chi connectivity index (χ4v) is 8.85. The lowest BCUT2D eigenvalue weighted by Crippen LogP contribution is -2.56. The van der Waals surface area contributed by atoms with Crippen molar-refractivity contribution in [2.75, 3.05) is 0 Å². The number of hydrogen-bond donors (Lipinski definition) is 1. The Balaban J connectivity index is 1.34. The third kappa shape index (κ3) is 3.47. The minimum absolute atomic E-state index is 0.227. The molecule has 8 atom stereocenters. The number of carbonyl (C=O) groups is 1. The van der Waals surface area contributed by atoms with Crippen molar-refractivity contribution < 1.29 is 9.90 Å². The van der Waals surface area contributed by atoms with E-state index in [2.05, 4.69) is 56.9 Å². The van der Waals surface area contributed by atoms with Crippen molar-refractivity contribution in [1.29, 1.82) is 0 Å². The van der Waals surface area contributed by atoms with Gasteiger partial charge in [-0.2, -0.15) is 0 Å². The van der Waals surface area contributed by atoms with Gasteiger partial charge in [-0.3, -0.25) is 4.79 Å². The van der Waals surface area contributed by atoms with Crippen LogP contribution in [-0.2, 0) is 4.79 Å². The van der Waals surface area contributed by atoms with Gasteiger partial charge in [0.05, 0.1) is 0 Å². The van der Waals surface area contributed by atoms with Crippen LogP contribution in [0.4, 0.5) is 0 Å². The summed E-state index contributed by atoms with van der Waals surface area (Å²) < 4.78 is 0. The van der Waals surface area contributed by atoms with Gasteiger partial charge in [0.15, 0.2) is 0 Å². The second-order valence-corrected chi connectivity index (χ2v) is 12.3. The van der Waals surface area contributed by atoms with Gasteiger partial charge in [-0.25, -0.2) is 0 Å². The molecule has 0 heterocycles. The normalized spacial score (nSPS) is 45.1. The molecular formula is C30H40O2. The monoisotopic (exact) mass is 432 g/mol. The lowest BCUT2D eigenvalue weighted by Gasteiger charge is -2.61. The minimum atomic E-state index is -0.849. The van der Waals surface area contributed by atoms with Gasteiger partial charge in [-0.1, -0.05) is 43.4 Å².